The van der Waals surface area contributed by atoms with Gasteiger partial charge in [-0.1, -0.05) is 0 Å². The molecule has 0 spiro atoms. The molecule has 5 heteroatoms. The fraction of sp³-hybridized carbons (Fsp3) is 0.818. The molecule has 0 bridgehead atoms. The van der Waals surface area contributed by atoms with E-state index < -0.39 is 11.4 Å². The molecule has 1 heterocycles. The van der Waals surface area contributed by atoms with Crippen molar-refractivity contribution in [2.24, 2.45) is 11.7 Å². The van der Waals surface area contributed by atoms with Crippen LogP contribution in [0.5, 0.6) is 0 Å². The minimum Gasteiger partial charge on any atom is -0.368 e. The Morgan fingerprint density at radius 1 is 1.38 bits per heavy atom. The van der Waals surface area contributed by atoms with E-state index in [1.165, 1.54) is 0 Å². The minimum atomic E-state index is -0.954. The molecule has 0 aromatic heterocycles. The van der Waals surface area contributed by atoms with E-state index in [1.54, 1.807) is 13.8 Å². The fourth-order valence-electron chi connectivity index (χ4n) is 1.81. The van der Waals surface area contributed by atoms with Crippen molar-refractivity contribution in [2.45, 2.75) is 38.6 Å². The Bertz CT molecular complexity index is 270. The molecule has 16 heavy (non-hydrogen) atoms. The lowest BCUT2D eigenvalue weighted by Crippen LogP contribution is -2.53. The lowest BCUT2D eigenvalue weighted by atomic mass is 9.93. The zero-order valence-electron chi connectivity index (χ0n) is 10.0. The van der Waals surface area contributed by atoms with E-state index in [1.807, 2.05) is 0 Å². The van der Waals surface area contributed by atoms with E-state index in [0.29, 0.717) is 12.3 Å². The summed E-state index contributed by atoms with van der Waals surface area (Å²) in [5, 5.41) is 5.92. The Balaban J connectivity index is 2.37. The number of hydrogen-bond acceptors (Lipinski definition) is 3. The third kappa shape index (κ3) is 3.81. The molecule has 4 N–H and O–H groups in total. The van der Waals surface area contributed by atoms with Crippen LogP contribution >= 0.6 is 0 Å². The molecule has 0 radical (unpaired) electrons. The molecular weight excluding hydrogens is 206 g/mol. The van der Waals surface area contributed by atoms with E-state index in [0.717, 1.165) is 25.9 Å². The summed E-state index contributed by atoms with van der Waals surface area (Å²) < 4.78 is 0. The maximum Gasteiger partial charge on any atom is 0.242 e. The van der Waals surface area contributed by atoms with Crippen molar-refractivity contribution < 1.29 is 9.59 Å². The maximum atomic E-state index is 11.7. The molecule has 0 unspecified atom stereocenters. The number of carbonyl (C=O) groups excluding carboxylic acids is 2. The Hall–Kier alpha value is -1.10. The van der Waals surface area contributed by atoms with Crippen molar-refractivity contribution >= 4 is 11.8 Å². The summed E-state index contributed by atoms with van der Waals surface area (Å²) in [5.74, 6) is -0.174. The largest absolute Gasteiger partial charge is 0.368 e. The SMILES string of the molecule is CC(C)(NC(=O)CC1CCNCC1)C(N)=O. The number of piperidine rings is 1. The first-order valence-corrected chi connectivity index (χ1v) is 5.73. The van der Waals surface area contributed by atoms with Crippen LogP contribution in [-0.2, 0) is 9.59 Å². The van der Waals surface area contributed by atoms with Crippen molar-refractivity contribution in [1.82, 2.24) is 10.6 Å². The predicted octanol–water partition coefficient (Wildman–Crippen LogP) is -0.244. The number of nitrogens with two attached hydrogens (primary N) is 1. The zero-order chi connectivity index (χ0) is 12.2. The number of hydrogen-bond donors (Lipinski definition) is 3. The van der Waals surface area contributed by atoms with Crippen LogP contribution in [0.4, 0.5) is 0 Å². The molecule has 0 saturated carbocycles. The quantitative estimate of drug-likeness (QED) is 0.619. The highest BCUT2D eigenvalue weighted by molar-refractivity contribution is 5.89. The second kappa shape index (κ2) is 5.30. The molecule has 1 aliphatic heterocycles. The summed E-state index contributed by atoms with van der Waals surface area (Å²) in [7, 11) is 0. The normalized spacial score (nSPS) is 18.1. The van der Waals surface area contributed by atoms with Crippen molar-refractivity contribution in [3.63, 3.8) is 0 Å². The summed E-state index contributed by atoms with van der Waals surface area (Å²) in [6.45, 7) is 5.18. The van der Waals surface area contributed by atoms with E-state index in [4.69, 9.17) is 5.73 Å². The van der Waals surface area contributed by atoms with E-state index >= 15 is 0 Å². The molecule has 0 aliphatic carbocycles. The van der Waals surface area contributed by atoms with Gasteiger partial charge in [-0.2, -0.15) is 0 Å². The van der Waals surface area contributed by atoms with Gasteiger partial charge < -0.3 is 16.4 Å². The van der Waals surface area contributed by atoms with Gasteiger partial charge in [0, 0.05) is 6.42 Å². The third-order valence-electron chi connectivity index (χ3n) is 3.00. The van der Waals surface area contributed by atoms with Gasteiger partial charge in [0.25, 0.3) is 0 Å². The Kier molecular flexibility index (Phi) is 4.29. The predicted molar refractivity (Wildman–Crippen MR) is 61.6 cm³/mol. The van der Waals surface area contributed by atoms with Gasteiger partial charge in [0.15, 0.2) is 0 Å². The van der Waals surface area contributed by atoms with Crippen LogP contribution in [0, 0.1) is 5.92 Å². The van der Waals surface area contributed by atoms with Crippen molar-refractivity contribution in [3.05, 3.63) is 0 Å². The number of carbonyl (C=O) groups is 2. The van der Waals surface area contributed by atoms with E-state index in [-0.39, 0.29) is 5.91 Å². The smallest absolute Gasteiger partial charge is 0.242 e. The Morgan fingerprint density at radius 3 is 2.44 bits per heavy atom. The lowest BCUT2D eigenvalue weighted by molar-refractivity contribution is -0.131. The van der Waals surface area contributed by atoms with Gasteiger partial charge >= 0.3 is 0 Å². The molecule has 1 rings (SSSR count). The molecule has 2 amide bonds. The Morgan fingerprint density at radius 2 is 1.94 bits per heavy atom. The summed E-state index contributed by atoms with van der Waals surface area (Å²) in [5.41, 5.74) is 4.23. The maximum absolute atomic E-state index is 11.7. The highest BCUT2D eigenvalue weighted by atomic mass is 16.2. The first-order valence-electron chi connectivity index (χ1n) is 5.73. The standard InChI is InChI=1S/C11H21N3O2/c1-11(2,10(12)16)14-9(15)7-8-3-5-13-6-4-8/h8,13H,3-7H2,1-2H3,(H2,12,16)(H,14,15). The van der Waals surface area contributed by atoms with E-state index in [2.05, 4.69) is 10.6 Å². The zero-order valence-corrected chi connectivity index (χ0v) is 10.0. The molecule has 0 aromatic carbocycles. The van der Waals surface area contributed by atoms with E-state index in [9.17, 15) is 9.59 Å². The highest BCUT2D eigenvalue weighted by Gasteiger charge is 2.27. The summed E-state index contributed by atoms with van der Waals surface area (Å²) in [6, 6.07) is 0. The van der Waals surface area contributed by atoms with Crippen molar-refractivity contribution in [2.75, 3.05) is 13.1 Å². The first-order chi connectivity index (χ1) is 7.42. The fourth-order valence-corrected chi connectivity index (χ4v) is 1.81. The molecule has 92 valence electrons. The second-order valence-corrected chi connectivity index (χ2v) is 4.93. The van der Waals surface area contributed by atoms with Crippen LogP contribution in [0.2, 0.25) is 0 Å². The molecule has 0 atom stereocenters. The molecule has 0 aromatic rings. The molecule has 1 saturated heterocycles. The number of primary amides is 1. The summed E-state index contributed by atoms with van der Waals surface area (Å²) in [6.07, 6.45) is 2.52. The van der Waals surface area contributed by atoms with Gasteiger partial charge in [0.05, 0.1) is 0 Å². The summed E-state index contributed by atoms with van der Waals surface area (Å²) in [4.78, 5) is 22.7. The second-order valence-electron chi connectivity index (χ2n) is 4.93. The minimum absolute atomic E-state index is 0.0873. The Labute approximate surface area is 96.1 Å². The van der Waals surface area contributed by atoms with Crippen LogP contribution in [0.3, 0.4) is 0 Å². The number of amides is 2. The number of nitrogens with one attached hydrogen (secondary N) is 2. The molecule has 1 aliphatic rings. The van der Waals surface area contributed by atoms with Gasteiger partial charge in [-0.15, -0.1) is 0 Å². The van der Waals surface area contributed by atoms with Crippen molar-refractivity contribution in [3.8, 4) is 0 Å². The molecule has 1 fully saturated rings. The summed E-state index contributed by atoms with van der Waals surface area (Å²) >= 11 is 0. The van der Waals surface area contributed by atoms with Crippen LogP contribution in [0.15, 0.2) is 0 Å². The monoisotopic (exact) mass is 227 g/mol. The van der Waals surface area contributed by atoms with Gasteiger partial charge in [-0.05, 0) is 45.7 Å². The van der Waals surface area contributed by atoms with Gasteiger partial charge in [-0.3, -0.25) is 9.59 Å². The third-order valence-corrected chi connectivity index (χ3v) is 3.00. The molecule has 5 nitrogen and oxygen atoms in total. The van der Waals surface area contributed by atoms with Crippen molar-refractivity contribution in [1.29, 1.82) is 0 Å². The topological polar surface area (TPSA) is 84.2 Å². The average molecular weight is 227 g/mol. The van der Waals surface area contributed by atoms with Crippen LogP contribution in [0.25, 0.3) is 0 Å². The van der Waals surface area contributed by atoms with Crippen LogP contribution < -0.4 is 16.4 Å². The van der Waals surface area contributed by atoms with Crippen LogP contribution in [-0.4, -0.2) is 30.4 Å². The average Bonchev–Trinajstić information content (AvgIpc) is 2.17. The van der Waals surface area contributed by atoms with Gasteiger partial charge in [-0.25, -0.2) is 0 Å². The van der Waals surface area contributed by atoms with Crippen LogP contribution in [0.1, 0.15) is 33.1 Å². The van der Waals surface area contributed by atoms with Gasteiger partial charge in [0.2, 0.25) is 11.8 Å². The first kappa shape index (κ1) is 13.0. The number of rotatable bonds is 4. The molecular formula is C11H21N3O2. The lowest BCUT2D eigenvalue weighted by Gasteiger charge is -2.26. The highest BCUT2D eigenvalue weighted by Crippen LogP contribution is 2.16. The van der Waals surface area contributed by atoms with Gasteiger partial charge in [0.1, 0.15) is 5.54 Å².